The lowest BCUT2D eigenvalue weighted by atomic mass is 9.99. The van der Waals surface area contributed by atoms with Gasteiger partial charge in [0.2, 0.25) is 0 Å². The molecule has 0 radical (unpaired) electrons. The van der Waals surface area contributed by atoms with E-state index < -0.39 is 30.7 Å². The number of aliphatic hydroxyl groups is 4. The number of aliphatic hydroxyl groups excluding tert-OH is 4. The van der Waals surface area contributed by atoms with Crippen molar-refractivity contribution in [3.8, 4) is 0 Å². The lowest BCUT2D eigenvalue weighted by Gasteiger charge is -2.38. The molecule has 0 aromatic carbocycles. The van der Waals surface area contributed by atoms with Gasteiger partial charge in [-0.3, -0.25) is 0 Å². The van der Waals surface area contributed by atoms with Gasteiger partial charge in [-0.15, -0.1) is 0 Å². The summed E-state index contributed by atoms with van der Waals surface area (Å²) >= 11 is 0. The highest BCUT2D eigenvalue weighted by molar-refractivity contribution is 4.88. The van der Waals surface area contributed by atoms with Gasteiger partial charge in [-0.05, 0) is 13.8 Å². The van der Waals surface area contributed by atoms with Gasteiger partial charge < -0.3 is 34.4 Å². The zero-order valence-electron chi connectivity index (χ0n) is 12.5. The molecule has 20 heavy (non-hydrogen) atoms. The molecule has 0 aromatic rings. The Morgan fingerprint density at radius 1 is 1.00 bits per heavy atom. The topological polar surface area (TPSA) is 99.4 Å². The van der Waals surface area contributed by atoms with Crippen LogP contribution in [0.25, 0.3) is 0 Å². The summed E-state index contributed by atoms with van der Waals surface area (Å²) in [6, 6.07) is 0. The lowest BCUT2D eigenvalue weighted by molar-refractivity contribution is -0.906. The Labute approximate surface area is 119 Å². The Bertz CT molecular complexity index is 286. The molecule has 5 atom stereocenters. The molecule has 4 N–H and O–H groups in total. The van der Waals surface area contributed by atoms with E-state index in [1.165, 1.54) is 0 Å². The molecule has 0 aliphatic carbocycles. The Morgan fingerprint density at radius 2 is 1.60 bits per heavy atom. The minimum atomic E-state index is -1.51. The Morgan fingerprint density at radius 3 is 2.15 bits per heavy atom. The number of hydrogen-bond donors (Lipinski definition) is 4. The monoisotopic (exact) mass is 294 g/mol. The molecule has 0 amide bonds. The van der Waals surface area contributed by atoms with Crippen molar-refractivity contribution in [2.24, 2.45) is 0 Å². The van der Waals surface area contributed by atoms with E-state index in [1.807, 2.05) is 0 Å². The predicted octanol–water partition coefficient (Wildman–Crippen LogP) is -1.71. The van der Waals surface area contributed by atoms with Crippen LogP contribution in [0.4, 0.5) is 0 Å². The highest BCUT2D eigenvalue weighted by Gasteiger charge is 2.42. The molecule has 0 saturated carbocycles. The molecular weight excluding hydrogens is 266 g/mol. The van der Waals surface area contributed by atoms with Gasteiger partial charge in [0.1, 0.15) is 31.0 Å². The highest BCUT2D eigenvalue weighted by atomic mass is 16.6. The van der Waals surface area contributed by atoms with Crippen LogP contribution in [-0.2, 0) is 9.47 Å². The van der Waals surface area contributed by atoms with Crippen LogP contribution in [0.15, 0.2) is 0 Å². The van der Waals surface area contributed by atoms with Crippen LogP contribution >= 0.6 is 0 Å². The molecule has 0 spiro atoms. The average Bonchev–Trinajstić information content (AvgIpc) is 2.46. The maximum atomic E-state index is 9.75. The average molecular weight is 294 g/mol. The summed E-state index contributed by atoms with van der Waals surface area (Å²) < 4.78 is 11.4. The first-order valence-corrected chi connectivity index (χ1v) is 7.13. The normalized spacial score (nSPS) is 35.2. The van der Waals surface area contributed by atoms with Gasteiger partial charge in [0, 0.05) is 0 Å². The molecule has 1 saturated heterocycles. The second kappa shape index (κ2) is 7.65. The summed E-state index contributed by atoms with van der Waals surface area (Å²) in [6.07, 6.45) is -6.55. The standard InChI is InChI=1S/C13H28NO6/c1-4-14(3,5-2)6-7-19-8-9-10(15)11(16)12(17)13(18)20-9/h9-13,15-18H,4-8H2,1-3H3/q+1/t9-,10-,11+,12-,13-/m1/s1. The lowest BCUT2D eigenvalue weighted by Crippen LogP contribution is -2.58. The summed E-state index contributed by atoms with van der Waals surface area (Å²) in [4.78, 5) is 0. The largest absolute Gasteiger partial charge is 0.387 e. The van der Waals surface area contributed by atoms with Gasteiger partial charge in [-0.25, -0.2) is 0 Å². The fraction of sp³-hybridized carbons (Fsp3) is 1.00. The zero-order chi connectivity index (χ0) is 15.3. The first-order chi connectivity index (χ1) is 9.34. The van der Waals surface area contributed by atoms with Crippen molar-refractivity contribution in [3.05, 3.63) is 0 Å². The van der Waals surface area contributed by atoms with Gasteiger partial charge in [0.15, 0.2) is 6.29 Å². The SMILES string of the molecule is CC[N+](C)(CC)CCOC[C@H]1O[C@@H](O)[C@H](O)[C@@H](O)[C@@H]1O. The first kappa shape index (κ1) is 17.8. The van der Waals surface area contributed by atoms with Crippen molar-refractivity contribution >= 4 is 0 Å². The molecule has 1 heterocycles. The molecule has 1 aliphatic rings. The van der Waals surface area contributed by atoms with E-state index in [2.05, 4.69) is 20.9 Å². The molecule has 7 nitrogen and oxygen atoms in total. The zero-order valence-corrected chi connectivity index (χ0v) is 12.5. The summed E-state index contributed by atoms with van der Waals surface area (Å²) in [5.41, 5.74) is 0. The van der Waals surface area contributed by atoms with Crippen LogP contribution in [0.2, 0.25) is 0 Å². The number of ether oxygens (including phenoxy) is 2. The van der Waals surface area contributed by atoms with E-state index in [0.29, 0.717) is 6.61 Å². The number of quaternary nitrogens is 1. The van der Waals surface area contributed by atoms with E-state index in [0.717, 1.165) is 24.1 Å². The Kier molecular flexibility index (Phi) is 6.80. The van der Waals surface area contributed by atoms with Crippen molar-refractivity contribution in [2.45, 2.75) is 44.6 Å². The van der Waals surface area contributed by atoms with E-state index in [-0.39, 0.29) is 6.61 Å². The number of rotatable bonds is 7. The predicted molar refractivity (Wildman–Crippen MR) is 71.9 cm³/mol. The van der Waals surface area contributed by atoms with E-state index >= 15 is 0 Å². The van der Waals surface area contributed by atoms with E-state index in [9.17, 15) is 20.4 Å². The van der Waals surface area contributed by atoms with Crippen LogP contribution < -0.4 is 0 Å². The first-order valence-electron chi connectivity index (χ1n) is 7.13. The molecule has 0 bridgehead atoms. The molecule has 0 unspecified atom stereocenters. The van der Waals surface area contributed by atoms with Gasteiger partial charge in [-0.2, -0.15) is 0 Å². The van der Waals surface area contributed by atoms with Gasteiger partial charge in [0.05, 0.1) is 33.4 Å². The van der Waals surface area contributed by atoms with Crippen LogP contribution in [0, 0.1) is 0 Å². The Hall–Kier alpha value is -0.280. The van der Waals surface area contributed by atoms with Crippen LogP contribution in [0.1, 0.15) is 13.8 Å². The summed E-state index contributed by atoms with van der Waals surface area (Å²) in [7, 11) is 2.14. The third-order valence-corrected chi connectivity index (χ3v) is 4.27. The third kappa shape index (κ3) is 4.36. The van der Waals surface area contributed by atoms with Crippen molar-refractivity contribution in [2.75, 3.05) is 39.9 Å². The van der Waals surface area contributed by atoms with Crippen LogP contribution in [-0.4, -0.2) is 95.5 Å². The molecule has 1 fully saturated rings. The molecule has 1 aliphatic heterocycles. The van der Waals surface area contributed by atoms with Crippen LogP contribution in [0.5, 0.6) is 0 Å². The minimum absolute atomic E-state index is 0.0649. The maximum absolute atomic E-state index is 9.75. The molecular formula is C13H28NO6+. The second-order valence-electron chi connectivity index (χ2n) is 5.59. The van der Waals surface area contributed by atoms with Crippen molar-refractivity contribution < 1.29 is 34.4 Å². The van der Waals surface area contributed by atoms with Gasteiger partial charge in [-0.1, -0.05) is 0 Å². The number of hydrogen-bond acceptors (Lipinski definition) is 6. The summed E-state index contributed by atoms with van der Waals surface area (Å²) in [5, 5.41) is 38.0. The van der Waals surface area contributed by atoms with Crippen molar-refractivity contribution in [1.29, 1.82) is 0 Å². The van der Waals surface area contributed by atoms with Crippen LogP contribution in [0.3, 0.4) is 0 Å². The maximum Gasteiger partial charge on any atom is 0.184 e. The summed E-state index contributed by atoms with van der Waals surface area (Å²) in [6.45, 7) is 7.65. The van der Waals surface area contributed by atoms with E-state index in [1.54, 1.807) is 0 Å². The number of likely N-dealkylation sites (N-methyl/N-ethyl adjacent to an activating group) is 1. The number of nitrogens with zero attached hydrogens (tertiary/aromatic N) is 1. The Balaban J connectivity index is 2.35. The highest BCUT2D eigenvalue weighted by Crippen LogP contribution is 2.20. The quantitative estimate of drug-likeness (QED) is 0.330. The summed E-state index contributed by atoms with van der Waals surface area (Å²) in [5.74, 6) is 0. The molecule has 1 rings (SSSR count). The molecule has 7 heteroatoms. The molecule has 0 aromatic heterocycles. The minimum Gasteiger partial charge on any atom is -0.387 e. The van der Waals surface area contributed by atoms with Crippen molar-refractivity contribution in [1.82, 2.24) is 0 Å². The van der Waals surface area contributed by atoms with Crippen molar-refractivity contribution in [3.63, 3.8) is 0 Å². The smallest absolute Gasteiger partial charge is 0.184 e. The second-order valence-corrected chi connectivity index (χ2v) is 5.59. The fourth-order valence-corrected chi connectivity index (χ4v) is 2.09. The van der Waals surface area contributed by atoms with E-state index in [4.69, 9.17) is 9.47 Å². The third-order valence-electron chi connectivity index (χ3n) is 4.27. The van der Waals surface area contributed by atoms with Gasteiger partial charge >= 0.3 is 0 Å². The molecule has 120 valence electrons. The fourth-order valence-electron chi connectivity index (χ4n) is 2.09. The van der Waals surface area contributed by atoms with Gasteiger partial charge in [0.25, 0.3) is 0 Å².